The van der Waals surface area contributed by atoms with Gasteiger partial charge in [0.05, 0.1) is 6.10 Å². The number of carbonyl (C=O) groups excluding carboxylic acids is 1. The van der Waals surface area contributed by atoms with Crippen molar-refractivity contribution in [2.24, 2.45) is 0 Å². The second-order valence-electron chi connectivity index (χ2n) is 3.39. The minimum absolute atomic E-state index is 0.134. The van der Waals surface area contributed by atoms with Crippen LogP contribution in [0.1, 0.15) is 13.3 Å². The average molecular weight is 235 g/mol. The van der Waals surface area contributed by atoms with Gasteiger partial charge < -0.3 is 20.1 Å². The Balaban J connectivity index is 2.56. The number of aliphatic hydroxyl groups excluding tert-OH is 2. The van der Waals surface area contributed by atoms with Gasteiger partial charge in [-0.15, -0.1) is 0 Å². The first-order chi connectivity index (χ1) is 7.41. The summed E-state index contributed by atoms with van der Waals surface area (Å²) in [5, 5.41) is 27.3. The van der Waals surface area contributed by atoms with Crippen LogP contribution in [0.4, 0.5) is 0 Å². The molecule has 0 aliphatic carbocycles. The van der Waals surface area contributed by atoms with Crippen LogP contribution >= 0.6 is 0 Å². The van der Waals surface area contributed by atoms with Gasteiger partial charge >= 0.3 is 5.97 Å². The topological polar surface area (TPSA) is 125 Å². The molecule has 0 saturated carbocycles. The smallest absolute Gasteiger partial charge is 0.335 e. The van der Waals surface area contributed by atoms with Gasteiger partial charge in [0.15, 0.2) is 12.4 Å². The predicted octanol–water partition coefficient (Wildman–Crippen LogP) is -2.02. The fourth-order valence-electron chi connectivity index (χ4n) is 1.27. The molecule has 0 aromatic heterocycles. The Morgan fingerprint density at radius 1 is 1.44 bits per heavy atom. The summed E-state index contributed by atoms with van der Waals surface area (Å²) in [5.74, 6) is -1.90. The van der Waals surface area contributed by atoms with Gasteiger partial charge in [-0.1, -0.05) is 0 Å². The van der Waals surface area contributed by atoms with Crippen LogP contribution in [0.5, 0.6) is 0 Å². The van der Waals surface area contributed by atoms with Crippen LogP contribution in [-0.2, 0) is 19.2 Å². The lowest BCUT2D eigenvalue weighted by Crippen LogP contribution is -2.53. The van der Waals surface area contributed by atoms with Gasteiger partial charge in [-0.05, 0) is 0 Å². The number of amides is 1. The zero-order valence-corrected chi connectivity index (χ0v) is 8.49. The van der Waals surface area contributed by atoms with Crippen LogP contribution < -0.4 is 5.48 Å². The quantitative estimate of drug-likeness (QED) is 0.416. The van der Waals surface area contributed by atoms with E-state index in [1.807, 2.05) is 5.48 Å². The second-order valence-corrected chi connectivity index (χ2v) is 3.39. The third-order valence-corrected chi connectivity index (χ3v) is 2.01. The standard InChI is InChI=1S/C8H13NO7/c1-3(10)9-16-5-2-4(11)6(12)7(15-5)8(13)14/h4-7,11-12H,2H2,1H3,(H,9,10)(H,13,14)/t4-,5?,6+,7+/m1/s1. The number of rotatable bonds is 3. The van der Waals surface area contributed by atoms with Crippen LogP contribution in [0, 0.1) is 0 Å². The van der Waals surface area contributed by atoms with E-state index in [0.29, 0.717) is 0 Å². The summed E-state index contributed by atoms with van der Waals surface area (Å²) in [7, 11) is 0. The zero-order valence-electron chi connectivity index (χ0n) is 8.49. The Labute approximate surface area is 90.7 Å². The van der Waals surface area contributed by atoms with Crippen molar-refractivity contribution in [1.29, 1.82) is 0 Å². The van der Waals surface area contributed by atoms with Gasteiger partial charge in [-0.25, -0.2) is 15.1 Å². The van der Waals surface area contributed by atoms with Crippen molar-refractivity contribution in [3.63, 3.8) is 0 Å². The number of ether oxygens (including phenoxy) is 1. The highest BCUT2D eigenvalue weighted by Crippen LogP contribution is 2.20. The molecule has 0 aromatic carbocycles. The molecule has 1 amide bonds. The molecule has 16 heavy (non-hydrogen) atoms. The summed E-state index contributed by atoms with van der Waals surface area (Å²) in [6, 6.07) is 0. The summed E-state index contributed by atoms with van der Waals surface area (Å²) in [6.45, 7) is 1.20. The molecule has 4 N–H and O–H groups in total. The predicted molar refractivity (Wildman–Crippen MR) is 47.8 cm³/mol. The van der Waals surface area contributed by atoms with Crippen LogP contribution in [0.25, 0.3) is 0 Å². The third-order valence-electron chi connectivity index (χ3n) is 2.01. The molecule has 0 radical (unpaired) electrons. The van der Waals surface area contributed by atoms with Gasteiger partial charge in [0.2, 0.25) is 5.91 Å². The van der Waals surface area contributed by atoms with E-state index in [4.69, 9.17) is 9.84 Å². The fraction of sp³-hybridized carbons (Fsp3) is 0.750. The Morgan fingerprint density at radius 3 is 2.56 bits per heavy atom. The first-order valence-corrected chi connectivity index (χ1v) is 4.58. The molecular formula is C8H13NO7. The molecule has 1 aliphatic rings. The molecular weight excluding hydrogens is 222 g/mol. The monoisotopic (exact) mass is 235 g/mol. The maximum absolute atomic E-state index is 10.7. The number of hydroxylamine groups is 1. The number of hydrogen-bond donors (Lipinski definition) is 4. The molecule has 8 heteroatoms. The Bertz CT molecular complexity index is 282. The van der Waals surface area contributed by atoms with Crippen molar-refractivity contribution in [3.05, 3.63) is 0 Å². The minimum atomic E-state index is -1.58. The number of hydrogen-bond acceptors (Lipinski definition) is 6. The zero-order chi connectivity index (χ0) is 12.3. The highest BCUT2D eigenvalue weighted by molar-refractivity contribution is 5.73. The normalized spacial score (nSPS) is 34.4. The summed E-state index contributed by atoms with van der Waals surface area (Å²) >= 11 is 0. The molecule has 92 valence electrons. The number of aliphatic carboxylic acids is 1. The van der Waals surface area contributed by atoms with E-state index < -0.39 is 36.5 Å². The van der Waals surface area contributed by atoms with Gasteiger partial charge in [0.25, 0.3) is 0 Å². The molecule has 0 bridgehead atoms. The van der Waals surface area contributed by atoms with E-state index >= 15 is 0 Å². The molecule has 0 spiro atoms. The third kappa shape index (κ3) is 3.14. The molecule has 1 saturated heterocycles. The number of carbonyl (C=O) groups is 2. The van der Waals surface area contributed by atoms with Gasteiger partial charge in [0.1, 0.15) is 6.10 Å². The van der Waals surface area contributed by atoms with Crippen molar-refractivity contribution in [2.45, 2.75) is 37.9 Å². The van der Waals surface area contributed by atoms with E-state index in [1.165, 1.54) is 6.92 Å². The molecule has 8 nitrogen and oxygen atoms in total. The lowest BCUT2D eigenvalue weighted by atomic mass is 10.0. The lowest BCUT2D eigenvalue weighted by Gasteiger charge is -2.34. The molecule has 1 aliphatic heterocycles. The number of nitrogens with one attached hydrogen (secondary N) is 1. The van der Waals surface area contributed by atoms with E-state index in [9.17, 15) is 19.8 Å². The van der Waals surface area contributed by atoms with Gasteiger partial charge in [0, 0.05) is 13.3 Å². The van der Waals surface area contributed by atoms with Crippen LogP contribution in [0.2, 0.25) is 0 Å². The minimum Gasteiger partial charge on any atom is -0.479 e. The van der Waals surface area contributed by atoms with Gasteiger partial charge in [-0.3, -0.25) is 4.79 Å². The van der Waals surface area contributed by atoms with Crippen molar-refractivity contribution < 1.29 is 34.5 Å². The van der Waals surface area contributed by atoms with Crippen molar-refractivity contribution >= 4 is 11.9 Å². The van der Waals surface area contributed by atoms with Crippen LogP contribution in [-0.4, -0.2) is 51.8 Å². The fourth-order valence-corrected chi connectivity index (χ4v) is 1.27. The molecule has 1 rings (SSSR count). The molecule has 4 atom stereocenters. The summed E-state index contributed by atoms with van der Waals surface area (Å²) in [6.07, 6.45) is -5.63. The summed E-state index contributed by atoms with van der Waals surface area (Å²) < 4.78 is 4.83. The van der Waals surface area contributed by atoms with E-state index in [1.54, 1.807) is 0 Å². The average Bonchev–Trinajstić information content (AvgIpc) is 2.19. The molecule has 1 heterocycles. The number of carboxylic acids is 1. The Kier molecular flexibility index (Phi) is 4.19. The highest BCUT2D eigenvalue weighted by Gasteiger charge is 2.41. The molecule has 1 unspecified atom stereocenters. The maximum Gasteiger partial charge on any atom is 0.335 e. The second kappa shape index (κ2) is 5.21. The van der Waals surface area contributed by atoms with E-state index in [2.05, 4.69) is 4.84 Å². The number of aliphatic hydroxyl groups is 2. The first kappa shape index (κ1) is 12.8. The van der Waals surface area contributed by atoms with Crippen LogP contribution in [0.3, 0.4) is 0 Å². The SMILES string of the molecule is CC(=O)NOC1C[C@@H](O)[C@H](O)[C@@H](C(=O)O)O1. The Morgan fingerprint density at radius 2 is 2.06 bits per heavy atom. The van der Waals surface area contributed by atoms with E-state index in [0.717, 1.165) is 0 Å². The lowest BCUT2D eigenvalue weighted by molar-refractivity contribution is -0.266. The van der Waals surface area contributed by atoms with E-state index in [-0.39, 0.29) is 6.42 Å². The Hall–Kier alpha value is -1.22. The molecule has 1 fully saturated rings. The van der Waals surface area contributed by atoms with Crippen molar-refractivity contribution in [1.82, 2.24) is 5.48 Å². The maximum atomic E-state index is 10.7. The van der Waals surface area contributed by atoms with Crippen molar-refractivity contribution in [2.75, 3.05) is 0 Å². The van der Waals surface area contributed by atoms with Crippen molar-refractivity contribution in [3.8, 4) is 0 Å². The first-order valence-electron chi connectivity index (χ1n) is 4.58. The molecule has 0 aromatic rings. The summed E-state index contributed by atoms with van der Waals surface area (Å²) in [4.78, 5) is 25.9. The van der Waals surface area contributed by atoms with Gasteiger partial charge in [-0.2, -0.15) is 0 Å². The summed E-state index contributed by atoms with van der Waals surface area (Å²) in [5.41, 5.74) is 1.96. The number of carboxylic acid groups (broad SMARTS) is 1. The largest absolute Gasteiger partial charge is 0.479 e. The highest BCUT2D eigenvalue weighted by atomic mass is 16.8. The van der Waals surface area contributed by atoms with Crippen LogP contribution in [0.15, 0.2) is 0 Å².